The lowest BCUT2D eigenvalue weighted by Gasteiger charge is -2.20. The van der Waals surface area contributed by atoms with Crippen LogP contribution in [0.15, 0.2) is 30.7 Å². The van der Waals surface area contributed by atoms with E-state index in [2.05, 4.69) is 40.8 Å². The summed E-state index contributed by atoms with van der Waals surface area (Å²) in [6, 6.07) is 4.21. The zero-order chi connectivity index (χ0) is 18.7. The minimum absolute atomic E-state index is 0.162. The normalized spacial score (nSPS) is 11.3. The van der Waals surface area contributed by atoms with E-state index in [4.69, 9.17) is 4.98 Å². The molecular weight excluding hydrogens is 346 g/mol. The molecule has 6 nitrogen and oxygen atoms in total. The summed E-state index contributed by atoms with van der Waals surface area (Å²) < 4.78 is 1.12. The number of thiazole rings is 1. The fourth-order valence-corrected chi connectivity index (χ4v) is 3.90. The summed E-state index contributed by atoms with van der Waals surface area (Å²) in [4.78, 5) is 29.8. The molecule has 0 aliphatic heterocycles. The smallest absolute Gasteiger partial charge is 0.280 e. The number of fused-ring (bicyclic) bond motifs is 1. The summed E-state index contributed by atoms with van der Waals surface area (Å²) >= 11 is 1.55. The van der Waals surface area contributed by atoms with Gasteiger partial charge in [-0.1, -0.05) is 17.4 Å². The van der Waals surface area contributed by atoms with Crippen LogP contribution in [0, 0.1) is 13.8 Å². The molecule has 0 unspecified atom stereocenters. The number of aromatic nitrogens is 3. The van der Waals surface area contributed by atoms with Crippen molar-refractivity contribution < 1.29 is 4.79 Å². The Hall–Kier alpha value is -2.38. The first-order chi connectivity index (χ1) is 12.5. The molecule has 0 saturated heterocycles. The van der Waals surface area contributed by atoms with Crippen molar-refractivity contribution in [1.29, 1.82) is 0 Å². The maximum absolute atomic E-state index is 13.0. The Morgan fingerprint density at radius 3 is 2.65 bits per heavy atom. The van der Waals surface area contributed by atoms with Crippen LogP contribution >= 0.6 is 11.3 Å². The van der Waals surface area contributed by atoms with E-state index in [1.807, 2.05) is 14.1 Å². The van der Waals surface area contributed by atoms with Crippen molar-refractivity contribution in [3.05, 3.63) is 47.5 Å². The first-order valence-electron chi connectivity index (χ1n) is 8.56. The summed E-state index contributed by atoms with van der Waals surface area (Å²) in [5, 5.41) is 0.711. The Labute approximate surface area is 157 Å². The average molecular weight is 369 g/mol. The van der Waals surface area contributed by atoms with Gasteiger partial charge in [0.15, 0.2) is 5.13 Å². The molecule has 0 atom stereocenters. The Balaban J connectivity index is 1.97. The largest absolute Gasteiger partial charge is 0.309 e. The Morgan fingerprint density at radius 2 is 1.96 bits per heavy atom. The highest BCUT2D eigenvalue weighted by molar-refractivity contribution is 7.22. The average Bonchev–Trinajstić information content (AvgIpc) is 3.02. The molecule has 0 aliphatic rings. The van der Waals surface area contributed by atoms with Gasteiger partial charge in [0, 0.05) is 18.9 Å². The number of hydrogen-bond donors (Lipinski definition) is 0. The lowest BCUT2D eigenvalue weighted by molar-refractivity contribution is 0.0981. The van der Waals surface area contributed by atoms with Crippen LogP contribution in [0.3, 0.4) is 0 Å². The van der Waals surface area contributed by atoms with Crippen LogP contribution in [0.2, 0.25) is 0 Å². The number of carbonyl (C=O) groups excluding carboxylic acids is 1. The van der Waals surface area contributed by atoms with Crippen molar-refractivity contribution in [3.63, 3.8) is 0 Å². The van der Waals surface area contributed by atoms with E-state index in [9.17, 15) is 4.79 Å². The van der Waals surface area contributed by atoms with E-state index in [0.29, 0.717) is 17.4 Å². The number of carbonyl (C=O) groups is 1. The Kier molecular flexibility index (Phi) is 5.58. The third-order valence-electron chi connectivity index (χ3n) is 4.05. The number of aryl methyl sites for hydroxylation is 2. The van der Waals surface area contributed by atoms with Gasteiger partial charge in [-0.25, -0.2) is 9.97 Å². The fourth-order valence-electron chi connectivity index (χ4n) is 2.86. The lowest BCUT2D eigenvalue weighted by Crippen LogP contribution is -2.34. The van der Waals surface area contributed by atoms with Crippen LogP contribution in [0.25, 0.3) is 10.2 Å². The third kappa shape index (κ3) is 4.05. The van der Waals surface area contributed by atoms with Crippen molar-refractivity contribution in [3.8, 4) is 0 Å². The van der Waals surface area contributed by atoms with Gasteiger partial charge in [-0.15, -0.1) is 0 Å². The Bertz CT molecular complexity index is 907. The number of nitrogens with zero attached hydrogens (tertiary/aromatic N) is 5. The molecule has 0 aliphatic carbocycles. The first-order valence-corrected chi connectivity index (χ1v) is 9.38. The second kappa shape index (κ2) is 7.88. The molecule has 0 N–H and O–H groups in total. The van der Waals surface area contributed by atoms with Crippen LogP contribution in [-0.4, -0.2) is 52.9 Å². The van der Waals surface area contributed by atoms with Gasteiger partial charge in [-0.3, -0.25) is 14.7 Å². The summed E-state index contributed by atoms with van der Waals surface area (Å²) in [7, 11) is 4.05. The highest BCUT2D eigenvalue weighted by atomic mass is 32.1. The summed E-state index contributed by atoms with van der Waals surface area (Å²) in [6.07, 6.45) is 5.46. The number of rotatable bonds is 6. The topological polar surface area (TPSA) is 62.2 Å². The van der Waals surface area contributed by atoms with Crippen molar-refractivity contribution in [2.24, 2.45) is 0 Å². The molecule has 2 aromatic heterocycles. The van der Waals surface area contributed by atoms with Gasteiger partial charge in [-0.05, 0) is 58.1 Å². The molecule has 0 fully saturated rings. The van der Waals surface area contributed by atoms with Gasteiger partial charge in [0.05, 0.1) is 16.4 Å². The number of benzene rings is 1. The van der Waals surface area contributed by atoms with Crippen LogP contribution < -0.4 is 4.90 Å². The predicted octanol–water partition coefficient (Wildman–Crippen LogP) is 3.30. The van der Waals surface area contributed by atoms with Crippen molar-refractivity contribution in [2.45, 2.75) is 20.3 Å². The highest BCUT2D eigenvalue weighted by Gasteiger charge is 2.22. The number of anilines is 1. The lowest BCUT2D eigenvalue weighted by atomic mass is 10.1. The molecule has 0 radical (unpaired) electrons. The highest BCUT2D eigenvalue weighted by Crippen LogP contribution is 2.32. The molecule has 0 saturated carbocycles. The van der Waals surface area contributed by atoms with Crippen molar-refractivity contribution in [2.75, 3.05) is 32.1 Å². The minimum atomic E-state index is -0.162. The molecule has 136 valence electrons. The molecule has 1 amide bonds. The molecular formula is C19H23N5OS. The van der Waals surface area contributed by atoms with Gasteiger partial charge in [-0.2, -0.15) is 0 Å². The predicted molar refractivity (Wildman–Crippen MR) is 106 cm³/mol. The van der Waals surface area contributed by atoms with Gasteiger partial charge in [0.2, 0.25) is 0 Å². The molecule has 1 aromatic carbocycles. The number of hydrogen-bond acceptors (Lipinski definition) is 6. The second-order valence-corrected chi connectivity index (χ2v) is 7.61. The molecule has 0 bridgehead atoms. The molecule has 0 spiro atoms. The van der Waals surface area contributed by atoms with Crippen molar-refractivity contribution >= 4 is 32.6 Å². The van der Waals surface area contributed by atoms with Crippen LogP contribution in [0.1, 0.15) is 28.0 Å². The van der Waals surface area contributed by atoms with E-state index in [-0.39, 0.29) is 5.91 Å². The van der Waals surface area contributed by atoms with Crippen LogP contribution in [0.4, 0.5) is 5.13 Å². The van der Waals surface area contributed by atoms with Crippen LogP contribution in [0.5, 0.6) is 0 Å². The summed E-state index contributed by atoms with van der Waals surface area (Å²) in [5.41, 5.74) is 3.63. The van der Waals surface area contributed by atoms with Crippen LogP contribution in [-0.2, 0) is 0 Å². The SMILES string of the molecule is Cc1cc(C)c2sc(N(CCCN(C)C)C(=O)c3cnccn3)nc2c1. The zero-order valence-electron chi connectivity index (χ0n) is 15.6. The van der Waals surface area contributed by atoms with Gasteiger partial charge in [0.1, 0.15) is 5.69 Å². The molecule has 2 heterocycles. The van der Waals surface area contributed by atoms with Gasteiger partial charge < -0.3 is 4.90 Å². The standard InChI is InChI=1S/C19H23N5OS/c1-13-10-14(2)17-15(11-13)22-19(26-17)24(9-5-8-23(3)4)18(25)16-12-20-6-7-21-16/h6-7,10-12H,5,8-9H2,1-4H3. The first kappa shape index (κ1) is 18.4. The minimum Gasteiger partial charge on any atom is -0.309 e. The molecule has 3 rings (SSSR count). The van der Waals surface area contributed by atoms with Crippen molar-refractivity contribution in [1.82, 2.24) is 19.9 Å². The van der Waals surface area contributed by atoms with E-state index in [1.165, 1.54) is 23.5 Å². The molecule has 7 heteroatoms. The molecule has 3 aromatic rings. The summed E-state index contributed by atoms with van der Waals surface area (Å²) in [5.74, 6) is -0.162. The fraction of sp³-hybridized carbons (Fsp3) is 0.368. The molecule has 26 heavy (non-hydrogen) atoms. The number of amides is 1. The quantitative estimate of drug-likeness (QED) is 0.667. The maximum atomic E-state index is 13.0. The maximum Gasteiger partial charge on any atom is 0.280 e. The van der Waals surface area contributed by atoms with Gasteiger partial charge in [0.25, 0.3) is 5.91 Å². The zero-order valence-corrected chi connectivity index (χ0v) is 16.4. The second-order valence-electron chi connectivity index (χ2n) is 6.63. The van der Waals surface area contributed by atoms with E-state index in [0.717, 1.165) is 23.2 Å². The summed E-state index contributed by atoms with van der Waals surface area (Å²) in [6.45, 7) is 5.63. The van der Waals surface area contributed by atoms with Gasteiger partial charge >= 0.3 is 0 Å². The monoisotopic (exact) mass is 369 g/mol. The van der Waals surface area contributed by atoms with E-state index >= 15 is 0 Å². The Morgan fingerprint density at radius 1 is 1.15 bits per heavy atom. The third-order valence-corrected chi connectivity index (χ3v) is 5.28. The van der Waals surface area contributed by atoms with E-state index in [1.54, 1.807) is 22.4 Å². The van der Waals surface area contributed by atoms with E-state index < -0.39 is 0 Å².